The Morgan fingerprint density at radius 2 is 1.94 bits per heavy atom. The smallest absolute Gasteiger partial charge is 0.303 e. The lowest BCUT2D eigenvalue weighted by molar-refractivity contribution is -0.385. The number of rotatable bonds is 8. The Balaban J connectivity index is 1.95. The number of carboxylic acid groups (broad SMARTS) is 1. The van der Waals surface area contributed by atoms with E-state index in [9.17, 15) is 24.5 Å². The minimum Gasteiger partial charge on any atom is -0.494 e. The molecule has 0 atom stereocenters. The van der Waals surface area contributed by atoms with Crippen LogP contribution in [0.2, 0.25) is 5.02 Å². The van der Waals surface area contributed by atoms with Crippen LogP contribution < -0.4 is 15.0 Å². The molecule has 170 valence electrons. The quantitative estimate of drug-likeness (QED) is 0.144. The van der Waals surface area contributed by atoms with E-state index in [4.69, 9.17) is 33.7 Å². The summed E-state index contributed by atoms with van der Waals surface area (Å²) in [7, 11) is 0. The number of nitrogens with zero attached hydrogens (tertiary/aromatic N) is 2. The van der Waals surface area contributed by atoms with Crippen LogP contribution in [0, 0.1) is 10.1 Å². The number of carbonyl (C=O) groups is 3. The number of anilines is 1. The number of nitrogens with one attached hydrogen (secondary N) is 1. The van der Waals surface area contributed by atoms with Crippen LogP contribution >= 0.6 is 23.8 Å². The maximum Gasteiger partial charge on any atom is 0.303 e. The van der Waals surface area contributed by atoms with E-state index in [1.807, 2.05) is 0 Å². The molecule has 10 nitrogen and oxygen atoms in total. The summed E-state index contributed by atoms with van der Waals surface area (Å²) in [5, 5.41) is 22.9. The van der Waals surface area contributed by atoms with Crippen LogP contribution in [0.1, 0.15) is 18.4 Å². The van der Waals surface area contributed by atoms with Gasteiger partial charge < -0.3 is 9.84 Å². The Labute approximate surface area is 197 Å². The Morgan fingerprint density at radius 3 is 2.58 bits per heavy atom. The van der Waals surface area contributed by atoms with Crippen LogP contribution in [0.3, 0.4) is 0 Å². The highest BCUT2D eigenvalue weighted by Crippen LogP contribution is 2.29. The van der Waals surface area contributed by atoms with Gasteiger partial charge in [0, 0.05) is 17.5 Å². The number of halogens is 1. The summed E-state index contributed by atoms with van der Waals surface area (Å²) in [5.74, 6) is -2.34. The Morgan fingerprint density at radius 1 is 1.24 bits per heavy atom. The molecule has 2 amide bonds. The fourth-order valence-corrected chi connectivity index (χ4v) is 3.36. The average Bonchev–Trinajstić information content (AvgIpc) is 2.75. The van der Waals surface area contributed by atoms with Crippen molar-refractivity contribution in [3.05, 3.63) is 68.7 Å². The summed E-state index contributed by atoms with van der Waals surface area (Å²) in [4.78, 5) is 48.1. The number of ether oxygens (including phenoxy) is 1. The zero-order chi connectivity index (χ0) is 24.1. The largest absolute Gasteiger partial charge is 0.494 e. The molecule has 2 N–H and O–H groups in total. The number of carbonyl (C=O) groups excluding carboxylic acids is 2. The third-order valence-corrected chi connectivity index (χ3v) is 5.02. The first-order valence-corrected chi connectivity index (χ1v) is 10.3. The number of aliphatic carboxylic acids is 1. The van der Waals surface area contributed by atoms with Crippen molar-refractivity contribution in [1.82, 2.24) is 5.32 Å². The molecular formula is C21H16ClN3O7S. The van der Waals surface area contributed by atoms with Gasteiger partial charge in [0.25, 0.3) is 17.5 Å². The number of nitro benzene ring substituents is 1. The van der Waals surface area contributed by atoms with Crippen molar-refractivity contribution >= 4 is 64.2 Å². The molecule has 0 unspecified atom stereocenters. The molecule has 1 aliphatic rings. The van der Waals surface area contributed by atoms with Gasteiger partial charge in [-0.1, -0.05) is 11.6 Å². The summed E-state index contributed by atoms with van der Waals surface area (Å²) in [5.41, 5.74) is -0.416. The van der Waals surface area contributed by atoms with E-state index in [1.54, 1.807) is 12.1 Å². The summed E-state index contributed by atoms with van der Waals surface area (Å²) < 4.78 is 5.45. The summed E-state index contributed by atoms with van der Waals surface area (Å²) in [6, 6.07) is 9.98. The van der Waals surface area contributed by atoms with E-state index >= 15 is 0 Å². The third-order valence-electron chi connectivity index (χ3n) is 4.49. The van der Waals surface area contributed by atoms with E-state index in [0.29, 0.717) is 10.7 Å². The highest BCUT2D eigenvalue weighted by atomic mass is 35.5. The van der Waals surface area contributed by atoms with Crippen molar-refractivity contribution in [1.29, 1.82) is 0 Å². The molecule has 0 saturated carbocycles. The fraction of sp³-hybridized carbons (Fsp3) is 0.143. The molecule has 0 radical (unpaired) electrons. The first-order chi connectivity index (χ1) is 15.7. The number of nitro groups is 1. The predicted molar refractivity (Wildman–Crippen MR) is 123 cm³/mol. The first-order valence-electron chi connectivity index (χ1n) is 9.47. The lowest BCUT2D eigenvalue weighted by Crippen LogP contribution is -2.54. The second kappa shape index (κ2) is 10.2. The molecule has 2 aromatic rings. The minimum atomic E-state index is -0.974. The standard InChI is InChI=1S/C21H16ClN3O7S/c22-13-3-5-14(6-4-13)24-20(29)16(19(28)23-21(24)33)11-12-10-15(7-8-17(12)25(30)31)32-9-1-2-18(26)27/h3-8,10-11H,1-2,9H2,(H,26,27)(H,23,28,33)/b16-11+. The van der Waals surface area contributed by atoms with Gasteiger partial charge in [-0.15, -0.1) is 0 Å². The highest BCUT2D eigenvalue weighted by Gasteiger charge is 2.35. The lowest BCUT2D eigenvalue weighted by Gasteiger charge is -2.28. The number of amides is 2. The first kappa shape index (κ1) is 23.8. The number of hydrogen-bond donors (Lipinski definition) is 2. The molecule has 1 saturated heterocycles. The summed E-state index contributed by atoms with van der Waals surface area (Å²) >= 11 is 11.0. The van der Waals surface area contributed by atoms with E-state index in [2.05, 4.69) is 5.32 Å². The molecule has 0 aromatic heterocycles. The van der Waals surface area contributed by atoms with Gasteiger partial charge in [-0.25, -0.2) is 0 Å². The second-order valence-electron chi connectivity index (χ2n) is 6.76. The van der Waals surface area contributed by atoms with Crippen LogP contribution in [0.15, 0.2) is 48.0 Å². The number of thiocarbonyl (C=S) groups is 1. The maximum atomic E-state index is 13.1. The van der Waals surface area contributed by atoms with Crippen LogP contribution in [0.5, 0.6) is 5.75 Å². The van der Waals surface area contributed by atoms with Crippen LogP contribution in [0.25, 0.3) is 6.08 Å². The van der Waals surface area contributed by atoms with E-state index < -0.39 is 22.7 Å². The zero-order valence-corrected chi connectivity index (χ0v) is 18.4. The van der Waals surface area contributed by atoms with E-state index in [0.717, 1.165) is 11.0 Å². The summed E-state index contributed by atoms with van der Waals surface area (Å²) in [6.07, 6.45) is 1.22. The third kappa shape index (κ3) is 5.70. The molecule has 1 heterocycles. The van der Waals surface area contributed by atoms with Gasteiger partial charge in [-0.2, -0.15) is 0 Å². The molecule has 0 aliphatic carbocycles. The molecular weight excluding hydrogens is 474 g/mol. The normalized spacial score (nSPS) is 14.9. The van der Waals surface area contributed by atoms with Gasteiger partial charge in [0.2, 0.25) is 0 Å². The Hall–Kier alpha value is -3.83. The van der Waals surface area contributed by atoms with Gasteiger partial charge in [0.1, 0.15) is 11.3 Å². The van der Waals surface area contributed by atoms with Gasteiger partial charge in [0.05, 0.1) is 22.8 Å². The molecule has 0 bridgehead atoms. The molecule has 2 aromatic carbocycles. The van der Waals surface area contributed by atoms with Crippen molar-refractivity contribution in [3.8, 4) is 5.75 Å². The zero-order valence-electron chi connectivity index (χ0n) is 16.8. The van der Waals surface area contributed by atoms with Crippen molar-refractivity contribution in [2.75, 3.05) is 11.5 Å². The number of hydrogen-bond acceptors (Lipinski definition) is 7. The maximum absolute atomic E-state index is 13.1. The summed E-state index contributed by atoms with van der Waals surface area (Å²) in [6.45, 7) is 0.0676. The van der Waals surface area contributed by atoms with Gasteiger partial charge in [-0.05, 0) is 61.1 Å². The van der Waals surface area contributed by atoms with Gasteiger partial charge in [-0.3, -0.25) is 34.7 Å². The topological polar surface area (TPSA) is 139 Å². The van der Waals surface area contributed by atoms with Gasteiger partial charge in [0.15, 0.2) is 5.11 Å². The average molecular weight is 490 g/mol. The number of benzene rings is 2. The van der Waals surface area contributed by atoms with Crippen LogP contribution in [0.4, 0.5) is 11.4 Å². The SMILES string of the molecule is O=C(O)CCCOc1ccc([N+](=O)[O-])c(/C=C2\C(=O)NC(=S)N(c3ccc(Cl)cc3)C2=O)c1. The minimum absolute atomic E-state index is 0.0434. The molecule has 1 aliphatic heterocycles. The molecule has 12 heteroatoms. The molecule has 33 heavy (non-hydrogen) atoms. The Kier molecular flexibility index (Phi) is 7.36. The van der Waals surface area contributed by atoms with Crippen molar-refractivity contribution in [2.45, 2.75) is 12.8 Å². The monoisotopic (exact) mass is 489 g/mol. The lowest BCUT2D eigenvalue weighted by atomic mass is 10.1. The molecule has 3 rings (SSSR count). The van der Waals surface area contributed by atoms with E-state index in [1.165, 1.54) is 30.3 Å². The van der Waals surface area contributed by atoms with Crippen molar-refractivity contribution in [3.63, 3.8) is 0 Å². The van der Waals surface area contributed by atoms with Crippen molar-refractivity contribution in [2.24, 2.45) is 0 Å². The molecule has 0 spiro atoms. The van der Waals surface area contributed by atoms with Gasteiger partial charge >= 0.3 is 5.97 Å². The second-order valence-corrected chi connectivity index (χ2v) is 7.58. The molecule has 1 fully saturated rings. The Bertz CT molecular complexity index is 1180. The van der Waals surface area contributed by atoms with Crippen LogP contribution in [-0.2, 0) is 14.4 Å². The van der Waals surface area contributed by atoms with Crippen LogP contribution in [-0.4, -0.2) is 39.5 Å². The predicted octanol–water partition coefficient (Wildman–Crippen LogP) is 3.32. The number of carboxylic acids is 1. The fourth-order valence-electron chi connectivity index (χ4n) is 2.96. The van der Waals surface area contributed by atoms with E-state index in [-0.39, 0.29) is 47.1 Å². The highest BCUT2D eigenvalue weighted by molar-refractivity contribution is 7.80. The van der Waals surface area contributed by atoms with Crippen molar-refractivity contribution < 1.29 is 29.2 Å².